The average Bonchev–Trinajstić information content (AvgIpc) is 2.87. The van der Waals surface area contributed by atoms with E-state index in [1.165, 1.54) is 0 Å². The van der Waals surface area contributed by atoms with Crippen molar-refractivity contribution >= 4 is 5.97 Å². The van der Waals surface area contributed by atoms with Crippen LogP contribution in [-0.2, 0) is 14.3 Å². The highest BCUT2D eigenvalue weighted by molar-refractivity contribution is 5.69. The lowest BCUT2D eigenvalue weighted by atomic mass is 9.94. The van der Waals surface area contributed by atoms with E-state index in [0.717, 1.165) is 45.1 Å². The number of hydrogen-bond acceptors (Lipinski definition) is 4. The average molecular weight is 257 g/mol. The van der Waals surface area contributed by atoms with E-state index in [1.54, 1.807) is 0 Å². The molecule has 0 aromatic heterocycles. The van der Waals surface area contributed by atoms with Crippen LogP contribution in [0.4, 0.5) is 0 Å². The third-order valence-corrected chi connectivity index (χ3v) is 3.48. The number of hydrogen-bond donors (Lipinski definition) is 1. The normalized spacial score (nSPS) is 20.9. The van der Waals surface area contributed by atoms with Crippen LogP contribution in [0.1, 0.15) is 51.9 Å². The van der Waals surface area contributed by atoms with Crippen molar-refractivity contribution in [3.63, 3.8) is 0 Å². The first kappa shape index (κ1) is 15.4. The Hall–Kier alpha value is -0.610. The summed E-state index contributed by atoms with van der Waals surface area (Å²) in [7, 11) is 0. The Kier molecular flexibility index (Phi) is 8.01. The molecule has 1 heterocycles. The molecular formula is C14H27NO3. The number of carbonyl (C=O) groups excluding carboxylic acids is 1. The summed E-state index contributed by atoms with van der Waals surface area (Å²) >= 11 is 0. The molecule has 0 aromatic rings. The molecular weight excluding hydrogens is 230 g/mol. The topological polar surface area (TPSA) is 61.6 Å². The van der Waals surface area contributed by atoms with Gasteiger partial charge in [-0.3, -0.25) is 4.79 Å². The van der Waals surface area contributed by atoms with Gasteiger partial charge in [-0.05, 0) is 38.1 Å². The van der Waals surface area contributed by atoms with Gasteiger partial charge in [0.1, 0.15) is 6.61 Å². The van der Waals surface area contributed by atoms with Crippen LogP contribution in [0.15, 0.2) is 0 Å². The van der Waals surface area contributed by atoms with Gasteiger partial charge in [-0.15, -0.1) is 0 Å². The smallest absolute Gasteiger partial charge is 0.305 e. The summed E-state index contributed by atoms with van der Waals surface area (Å²) < 4.78 is 10.6. The Bertz CT molecular complexity index is 221. The largest absolute Gasteiger partial charge is 0.463 e. The molecule has 1 aliphatic rings. The molecule has 4 nitrogen and oxygen atoms in total. The maximum atomic E-state index is 11.6. The van der Waals surface area contributed by atoms with Gasteiger partial charge in [-0.25, -0.2) is 0 Å². The maximum Gasteiger partial charge on any atom is 0.305 e. The second-order valence-corrected chi connectivity index (χ2v) is 5.09. The molecule has 1 rings (SSSR count). The second kappa shape index (κ2) is 9.34. The quantitative estimate of drug-likeness (QED) is 0.644. The lowest BCUT2D eigenvalue weighted by Crippen LogP contribution is -2.18. The van der Waals surface area contributed by atoms with Crippen LogP contribution in [0.3, 0.4) is 0 Å². The van der Waals surface area contributed by atoms with Gasteiger partial charge >= 0.3 is 5.97 Å². The van der Waals surface area contributed by atoms with Gasteiger partial charge in [-0.2, -0.15) is 0 Å². The predicted octanol–water partition coefficient (Wildman–Crippen LogP) is 2.25. The zero-order chi connectivity index (χ0) is 13.2. The first-order valence-electron chi connectivity index (χ1n) is 7.23. The number of carbonyl (C=O) groups is 1. The van der Waals surface area contributed by atoms with Gasteiger partial charge in [-0.1, -0.05) is 19.8 Å². The fourth-order valence-corrected chi connectivity index (χ4v) is 2.43. The van der Waals surface area contributed by atoms with E-state index in [9.17, 15) is 4.79 Å². The van der Waals surface area contributed by atoms with Crippen molar-refractivity contribution in [3.05, 3.63) is 0 Å². The van der Waals surface area contributed by atoms with Gasteiger partial charge < -0.3 is 15.2 Å². The highest BCUT2D eigenvalue weighted by Crippen LogP contribution is 2.18. The van der Waals surface area contributed by atoms with Crippen LogP contribution in [-0.4, -0.2) is 31.8 Å². The molecule has 2 atom stereocenters. The van der Waals surface area contributed by atoms with Gasteiger partial charge in [0.15, 0.2) is 0 Å². The third kappa shape index (κ3) is 6.36. The minimum atomic E-state index is -0.0939. The van der Waals surface area contributed by atoms with Crippen LogP contribution in [0.2, 0.25) is 0 Å². The molecule has 1 saturated heterocycles. The molecule has 106 valence electrons. The zero-order valence-corrected chi connectivity index (χ0v) is 11.5. The fourth-order valence-electron chi connectivity index (χ4n) is 2.43. The summed E-state index contributed by atoms with van der Waals surface area (Å²) in [6.07, 6.45) is 6.94. The Morgan fingerprint density at radius 3 is 2.89 bits per heavy atom. The number of nitrogens with two attached hydrogens (primary N) is 1. The molecule has 0 aromatic carbocycles. The summed E-state index contributed by atoms with van der Waals surface area (Å²) in [5.41, 5.74) is 5.57. The van der Waals surface area contributed by atoms with Crippen molar-refractivity contribution in [1.29, 1.82) is 0 Å². The van der Waals surface area contributed by atoms with Crippen molar-refractivity contribution in [1.82, 2.24) is 0 Å². The van der Waals surface area contributed by atoms with E-state index in [-0.39, 0.29) is 12.1 Å². The third-order valence-electron chi connectivity index (χ3n) is 3.48. The standard InChI is InChI=1S/C14H27NO3/c1-2-4-12(8-9-15)6-7-14(16)18-11-13-5-3-10-17-13/h12-13H,2-11,15H2,1H3. The van der Waals surface area contributed by atoms with Crippen molar-refractivity contribution < 1.29 is 14.3 Å². The van der Waals surface area contributed by atoms with Crippen molar-refractivity contribution in [2.24, 2.45) is 11.7 Å². The second-order valence-electron chi connectivity index (χ2n) is 5.09. The molecule has 0 radical (unpaired) electrons. The summed E-state index contributed by atoms with van der Waals surface area (Å²) in [5, 5.41) is 0. The summed E-state index contributed by atoms with van der Waals surface area (Å²) in [4.78, 5) is 11.6. The van der Waals surface area contributed by atoms with Crippen LogP contribution in [0.5, 0.6) is 0 Å². The molecule has 1 aliphatic heterocycles. The van der Waals surface area contributed by atoms with Gasteiger partial charge in [0.25, 0.3) is 0 Å². The minimum absolute atomic E-state index is 0.0939. The van der Waals surface area contributed by atoms with Gasteiger partial charge in [0.2, 0.25) is 0 Å². The molecule has 0 amide bonds. The number of ether oxygens (including phenoxy) is 2. The first-order chi connectivity index (χ1) is 8.76. The Morgan fingerprint density at radius 1 is 1.44 bits per heavy atom. The van der Waals surface area contributed by atoms with Crippen LogP contribution in [0.25, 0.3) is 0 Å². The number of esters is 1. The molecule has 2 N–H and O–H groups in total. The molecule has 0 spiro atoms. The first-order valence-corrected chi connectivity index (χ1v) is 7.23. The molecule has 4 heteroatoms. The van der Waals surface area contributed by atoms with Crippen LogP contribution < -0.4 is 5.73 Å². The Morgan fingerprint density at radius 2 is 2.28 bits per heavy atom. The van der Waals surface area contributed by atoms with Crippen LogP contribution >= 0.6 is 0 Å². The molecule has 0 bridgehead atoms. The molecule has 1 fully saturated rings. The molecule has 2 unspecified atom stereocenters. The van der Waals surface area contributed by atoms with Crippen molar-refractivity contribution in [2.45, 2.75) is 58.0 Å². The monoisotopic (exact) mass is 257 g/mol. The SMILES string of the molecule is CCCC(CCN)CCC(=O)OCC1CCCO1. The predicted molar refractivity (Wildman–Crippen MR) is 71.2 cm³/mol. The van der Waals surface area contributed by atoms with E-state index in [4.69, 9.17) is 15.2 Å². The molecule has 0 aliphatic carbocycles. The maximum absolute atomic E-state index is 11.6. The van der Waals surface area contributed by atoms with E-state index in [0.29, 0.717) is 25.5 Å². The summed E-state index contributed by atoms with van der Waals surface area (Å²) in [6, 6.07) is 0. The van der Waals surface area contributed by atoms with Gasteiger partial charge in [0, 0.05) is 13.0 Å². The lowest BCUT2D eigenvalue weighted by molar-refractivity contribution is -0.147. The highest BCUT2D eigenvalue weighted by atomic mass is 16.6. The van der Waals surface area contributed by atoms with Crippen molar-refractivity contribution in [3.8, 4) is 0 Å². The number of rotatable bonds is 9. The summed E-state index contributed by atoms with van der Waals surface area (Å²) in [6.45, 7) is 4.10. The zero-order valence-electron chi connectivity index (χ0n) is 11.5. The van der Waals surface area contributed by atoms with E-state index < -0.39 is 0 Å². The van der Waals surface area contributed by atoms with Crippen molar-refractivity contribution in [2.75, 3.05) is 19.8 Å². The summed E-state index contributed by atoms with van der Waals surface area (Å²) in [5.74, 6) is 0.471. The molecule has 0 saturated carbocycles. The lowest BCUT2D eigenvalue weighted by Gasteiger charge is -2.15. The Balaban J connectivity index is 2.10. The van der Waals surface area contributed by atoms with E-state index in [2.05, 4.69) is 6.92 Å². The van der Waals surface area contributed by atoms with E-state index >= 15 is 0 Å². The highest BCUT2D eigenvalue weighted by Gasteiger charge is 2.18. The minimum Gasteiger partial charge on any atom is -0.463 e. The fraction of sp³-hybridized carbons (Fsp3) is 0.929. The van der Waals surface area contributed by atoms with E-state index in [1.807, 2.05) is 0 Å². The Labute approximate surface area is 110 Å². The molecule has 18 heavy (non-hydrogen) atoms. The van der Waals surface area contributed by atoms with Gasteiger partial charge in [0.05, 0.1) is 6.10 Å². The van der Waals surface area contributed by atoms with Crippen LogP contribution in [0, 0.1) is 5.92 Å².